The molecule has 0 aliphatic heterocycles. The van der Waals surface area contributed by atoms with Crippen LogP contribution in [0.1, 0.15) is 43.0 Å². The number of hydrogen-bond acceptors (Lipinski definition) is 3. The van der Waals surface area contributed by atoms with Crippen LogP contribution in [0.15, 0.2) is 24.3 Å². The van der Waals surface area contributed by atoms with Gasteiger partial charge in [-0.3, -0.25) is 4.79 Å². The van der Waals surface area contributed by atoms with Gasteiger partial charge in [0.2, 0.25) is 0 Å². The van der Waals surface area contributed by atoms with E-state index in [2.05, 4.69) is 5.32 Å². The summed E-state index contributed by atoms with van der Waals surface area (Å²) in [5.74, 6) is -0.0608. The van der Waals surface area contributed by atoms with Crippen molar-refractivity contribution in [1.82, 2.24) is 5.32 Å². The van der Waals surface area contributed by atoms with Gasteiger partial charge < -0.3 is 15.8 Å². The van der Waals surface area contributed by atoms with Gasteiger partial charge in [0, 0.05) is 23.8 Å². The lowest BCUT2D eigenvalue weighted by molar-refractivity contribution is -0.169. The lowest BCUT2D eigenvalue weighted by atomic mass is 9.51. The van der Waals surface area contributed by atoms with Crippen molar-refractivity contribution in [2.45, 2.75) is 44.8 Å². The fraction of sp³-hybridized carbons (Fsp3) is 0.562. The molecule has 1 spiro atoms. The summed E-state index contributed by atoms with van der Waals surface area (Å²) in [5, 5.41) is 3.16. The fourth-order valence-corrected chi connectivity index (χ4v) is 3.58. The number of ether oxygens (including phenoxy) is 1. The second kappa shape index (κ2) is 6.24. The van der Waals surface area contributed by atoms with Crippen LogP contribution in [0.5, 0.6) is 0 Å². The van der Waals surface area contributed by atoms with Gasteiger partial charge in [0.05, 0.1) is 11.7 Å². The van der Waals surface area contributed by atoms with Crippen molar-refractivity contribution < 1.29 is 9.53 Å². The van der Waals surface area contributed by atoms with E-state index in [0.29, 0.717) is 17.4 Å². The van der Waals surface area contributed by atoms with Crippen LogP contribution in [0.3, 0.4) is 0 Å². The highest BCUT2D eigenvalue weighted by molar-refractivity contribution is 5.99. The van der Waals surface area contributed by atoms with Crippen LogP contribution < -0.4 is 11.1 Å². The number of nitrogen functional groups attached to an aromatic ring is 1. The molecule has 21 heavy (non-hydrogen) atoms. The molecular weight excluding hydrogens is 288 g/mol. The van der Waals surface area contributed by atoms with Gasteiger partial charge >= 0.3 is 0 Å². The number of nitrogens with one attached hydrogen (secondary N) is 1. The van der Waals surface area contributed by atoms with Gasteiger partial charge in [-0.1, -0.05) is 18.6 Å². The van der Waals surface area contributed by atoms with Gasteiger partial charge in [0.1, 0.15) is 0 Å². The molecule has 0 bridgehead atoms. The molecule has 0 heterocycles. The van der Waals surface area contributed by atoms with Gasteiger partial charge in [-0.25, -0.2) is 0 Å². The predicted molar refractivity (Wildman–Crippen MR) is 85.7 cm³/mol. The first-order valence-corrected chi connectivity index (χ1v) is 7.44. The molecule has 1 aromatic carbocycles. The van der Waals surface area contributed by atoms with Gasteiger partial charge in [-0.05, 0) is 38.3 Å². The second-order valence-corrected chi connectivity index (χ2v) is 5.88. The maximum atomic E-state index is 12.3. The summed E-state index contributed by atoms with van der Waals surface area (Å²) in [5.41, 5.74) is 7.16. The summed E-state index contributed by atoms with van der Waals surface area (Å²) in [4.78, 5) is 12.3. The van der Waals surface area contributed by atoms with Crippen LogP contribution in [0.25, 0.3) is 0 Å². The Bertz CT molecular complexity index is 517. The molecule has 116 valence electrons. The van der Waals surface area contributed by atoms with Crippen LogP contribution in [0.2, 0.25) is 0 Å². The average Bonchev–Trinajstić information content (AvgIpc) is 2.35. The molecule has 2 atom stereocenters. The molecule has 0 radical (unpaired) electrons. The summed E-state index contributed by atoms with van der Waals surface area (Å²) >= 11 is 0. The van der Waals surface area contributed by atoms with Crippen LogP contribution in [0, 0.1) is 5.41 Å². The van der Waals surface area contributed by atoms with Crippen molar-refractivity contribution in [1.29, 1.82) is 0 Å². The maximum Gasteiger partial charge on any atom is 0.253 e. The smallest absolute Gasteiger partial charge is 0.253 e. The summed E-state index contributed by atoms with van der Waals surface area (Å²) < 4.78 is 5.80. The number of anilines is 1. The van der Waals surface area contributed by atoms with Crippen LogP contribution in [-0.2, 0) is 4.74 Å². The third-order valence-electron chi connectivity index (χ3n) is 4.95. The number of halogens is 1. The zero-order chi connectivity index (χ0) is 14.2. The second-order valence-electron chi connectivity index (χ2n) is 5.88. The van der Waals surface area contributed by atoms with E-state index in [0.717, 1.165) is 25.9 Å². The fourth-order valence-electron chi connectivity index (χ4n) is 3.58. The van der Waals surface area contributed by atoms with Gasteiger partial charge in [-0.15, -0.1) is 12.4 Å². The summed E-state index contributed by atoms with van der Waals surface area (Å²) in [6, 6.07) is 7.46. The van der Waals surface area contributed by atoms with E-state index in [9.17, 15) is 4.79 Å². The summed E-state index contributed by atoms with van der Waals surface area (Å²) in [6.45, 7) is 2.78. The monoisotopic (exact) mass is 310 g/mol. The Morgan fingerprint density at radius 3 is 2.71 bits per heavy atom. The summed E-state index contributed by atoms with van der Waals surface area (Å²) in [7, 11) is 0. The number of carbonyl (C=O) groups excluding carboxylic acids is 1. The Morgan fingerprint density at radius 1 is 1.43 bits per heavy atom. The molecule has 5 heteroatoms. The minimum absolute atomic E-state index is 0. The van der Waals surface area contributed by atoms with E-state index in [4.69, 9.17) is 10.5 Å². The summed E-state index contributed by atoms with van der Waals surface area (Å²) in [6.07, 6.45) is 4.80. The minimum Gasteiger partial charge on any atom is -0.398 e. The Morgan fingerprint density at radius 2 is 2.14 bits per heavy atom. The number of nitrogens with two attached hydrogens (primary N) is 1. The molecule has 4 nitrogen and oxygen atoms in total. The van der Waals surface area contributed by atoms with E-state index in [1.54, 1.807) is 12.1 Å². The van der Waals surface area contributed by atoms with E-state index in [-0.39, 0.29) is 29.8 Å². The Balaban J connectivity index is 0.00000161. The lowest BCUT2D eigenvalue weighted by Gasteiger charge is -2.61. The standard InChI is InChI=1S/C16H22N2O2.ClH/c1-2-20-14-10-13(16(14)8-5-9-16)18-15(19)11-6-3-4-7-12(11)17;/h3-4,6-7,13-14H,2,5,8-10,17H2,1H3,(H,18,19);1H. The molecule has 3 N–H and O–H groups in total. The van der Waals surface area contributed by atoms with Crippen LogP contribution in [-0.4, -0.2) is 24.7 Å². The average molecular weight is 311 g/mol. The molecule has 2 aliphatic rings. The SMILES string of the molecule is CCOC1CC(NC(=O)c2ccccc2N)C12CCC2.Cl. The Hall–Kier alpha value is -1.26. The normalized spacial score (nSPS) is 25.4. The van der Waals surface area contributed by atoms with Crippen molar-refractivity contribution >= 4 is 24.0 Å². The molecule has 0 aromatic heterocycles. The number of benzene rings is 1. The molecule has 0 saturated heterocycles. The van der Waals surface area contributed by atoms with Gasteiger partial charge in [-0.2, -0.15) is 0 Å². The molecule has 2 aliphatic carbocycles. The molecule has 3 rings (SSSR count). The molecule has 1 amide bonds. The quantitative estimate of drug-likeness (QED) is 0.841. The largest absolute Gasteiger partial charge is 0.398 e. The van der Waals surface area contributed by atoms with Crippen molar-refractivity contribution in [2.24, 2.45) is 5.41 Å². The van der Waals surface area contributed by atoms with Crippen molar-refractivity contribution in [2.75, 3.05) is 12.3 Å². The molecular formula is C16H23ClN2O2. The van der Waals surface area contributed by atoms with E-state index >= 15 is 0 Å². The van der Waals surface area contributed by atoms with E-state index < -0.39 is 0 Å². The lowest BCUT2D eigenvalue weighted by Crippen LogP contribution is -2.67. The Labute approximate surface area is 131 Å². The first-order chi connectivity index (χ1) is 9.67. The third-order valence-corrected chi connectivity index (χ3v) is 4.95. The molecule has 2 fully saturated rings. The van der Waals surface area contributed by atoms with Crippen LogP contribution in [0.4, 0.5) is 5.69 Å². The number of carbonyl (C=O) groups is 1. The first-order valence-electron chi connectivity index (χ1n) is 7.44. The highest BCUT2D eigenvalue weighted by Crippen LogP contribution is 2.57. The minimum atomic E-state index is -0.0608. The first kappa shape index (κ1) is 16.1. The topological polar surface area (TPSA) is 64.3 Å². The highest BCUT2D eigenvalue weighted by atomic mass is 35.5. The van der Waals surface area contributed by atoms with E-state index in [1.807, 2.05) is 19.1 Å². The predicted octanol–water partition coefficient (Wildman–Crippen LogP) is 2.77. The number of amides is 1. The third kappa shape index (κ3) is 2.62. The number of hydrogen-bond donors (Lipinski definition) is 2. The molecule has 2 saturated carbocycles. The number of para-hydroxylation sites is 1. The molecule has 2 unspecified atom stereocenters. The maximum absolute atomic E-state index is 12.3. The zero-order valence-electron chi connectivity index (χ0n) is 12.3. The highest BCUT2D eigenvalue weighted by Gasteiger charge is 2.59. The van der Waals surface area contributed by atoms with Crippen molar-refractivity contribution in [3.63, 3.8) is 0 Å². The van der Waals surface area contributed by atoms with Gasteiger partial charge in [0.25, 0.3) is 5.91 Å². The van der Waals surface area contributed by atoms with Crippen molar-refractivity contribution in [3.05, 3.63) is 29.8 Å². The molecule has 1 aromatic rings. The number of rotatable bonds is 4. The van der Waals surface area contributed by atoms with Crippen molar-refractivity contribution in [3.8, 4) is 0 Å². The Kier molecular flexibility index (Phi) is 4.79. The van der Waals surface area contributed by atoms with Gasteiger partial charge in [0.15, 0.2) is 0 Å². The van der Waals surface area contributed by atoms with E-state index in [1.165, 1.54) is 6.42 Å². The van der Waals surface area contributed by atoms with Crippen LogP contribution >= 0.6 is 12.4 Å². The zero-order valence-corrected chi connectivity index (χ0v) is 13.1.